The van der Waals surface area contributed by atoms with Crippen LogP contribution >= 0.6 is 11.6 Å². The summed E-state index contributed by atoms with van der Waals surface area (Å²) in [6.07, 6.45) is 3.74. The van der Waals surface area contributed by atoms with E-state index in [0.717, 1.165) is 35.8 Å². The van der Waals surface area contributed by atoms with Crippen molar-refractivity contribution in [3.63, 3.8) is 0 Å². The van der Waals surface area contributed by atoms with Gasteiger partial charge in [0.1, 0.15) is 0 Å². The number of anilines is 1. The van der Waals surface area contributed by atoms with Crippen LogP contribution in [0.2, 0.25) is 5.02 Å². The van der Waals surface area contributed by atoms with E-state index in [0.29, 0.717) is 12.6 Å². The largest absolute Gasteiger partial charge is 0.383 e. The Bertz CT molecular complexity index is 604. The summed E-state index contributed by atoms with van der Waals surface area (Å²) in [4.78, 5) is 12.9. The van der Waals surface area contributed by atoms with Crippen LogP contribution < -0.4 is 4.90 Å². The zero-order valence-corrected chi connectivity index (χ0v) is 14.6. The molecule has 0 fully saturated rings. The van der Waals surface area contributed by atoms with Gasteiger partial charge in [-0.05, 0) is 11.6 Å². The number of rotatable bonds is 8. The first kappa shape index (κ1) is 17.7. The minimum absolute atomic E-state index is 0.668. The van der Waals surface area contributed by atoms with Gasteiger partial charge in [-0.2, -0.15) is 0 Å². The topological polar surface area (TPSA) is 41.5 Å². The maximum Gasteiger partial charge on any atom is 0.224 e. The van der Waals surface area contributed by atoms with Gasteiger partial charge in [0.15, 0.2) is 0 Å². The Morgan fingerprint density at radius 3 is 2.39 bits per heavy atom. The number of aromatic nitrogens is 2. The smallest absolute Gasteiger partial charge is 0.224 e. The van der Waals surface area contributed by atoms with Crippen LogP contribution in [0.3, 0.4) is 0 Å². The second-order valence-corrected chi connectivity index (χ2v) is 5.99. The summed E-state index contributed by atoms with van der Waals surface area (Å²) in [6.45, 7) is 3.00. The Kier molecular flexibility index (Phi) is 6.77. The lowest BCUT2D eigenvalue weighted by Gasteiger charge is -2.22. The van der Waals surface area contributed by atoms with Gasteiger partial charge in [-0.3, -0.25) is 4.90 Å². The highest BCUT2D eigenvalue weighted by molar-refractivity contribution is 6.31. The number of halogens is 1. The van der Waals surface area contributed by atoms with E-state index in [9.17, 15) is 0 Å². The molecule has 0 N–H and O–H groups in total. The second kappa shape index (κ2) is 8.82. The summed E-state index contributed by atoms with van der Waals surface area (Å²) in [6, 6.07) is 7.91. The molecule has 1 aromatic carbocycles. The molecular weight excluding hydrogens is 312 g/mol. The number of benzene rings is 1. The predicted octanol–water partition coefficient (Wildman–Crippen LogP) is 2.84. The van der Waals surface area contributed by atoms with Crippen LogP contribution in [-0.2, 0) is 17.8 Å². The quantitative estimate of drug-likeness (QED) is 0.742. The summed E-state index contributed by atoms with van der Waals surface area (Å²) in [5.74, 6) is 0.711. The fraction of sp³-hybridized carbons (Fsp3) is 0.412. The summed E-state index contributed by atoms with van der Waals surface area (Å²) < 4.78 is 5.22. The van der Waals surface area contributed by atoms with Crippen molar-refractivity contribution < 1.29 is 4.74 Å². The Balaban J connectivity index is 2.07. The molecule has 5 nitrogen and oxygen atoms in total. The normalized spacial score (nSPS) is 11.0. The third-order valence-corrected chi connectivity index (χ3v) is 3.83. The van der Waals surface area contributed by atoms with Crippen molar-refractivity contribution in [3.8, 4) is 0 Å². The van der Waals surface area contributed by atoms with E-state index in [-0.39, 0.29) is 0 Å². The van der Waals surface area contributed by atoms with Gasteiger partial charge < -0.3 is 9.64 Å². The molecule has 23 heavy (non-hydrogen) atoms. The van der Waals surface area contributed by atoms with E-state index in [1.807, 2.05) is 55.7 Å². The third-order valence-electron chi connectivity index (χ3n) is 3.46. The first-order valence-electron chi connectivity index (χ1n) is 7.53. The second-order valence-electron chi connectivity index (χ2n) is 5.58. The van der Waals surface area contributed by atoms with Gasteiger partial charge in [0.05, 0.1) is 6.61 Å². The fourth-order valence-corrected chi connectivity index (χ4v) is 2.42. The van der Waals surface area contributed by atoms with Crippen LogP contribution in [0, 0.1) is 0 Å². The van der Waals surface area contributed by atoms with Crippen LogP contribution in [-0.4, -0.2) is 49.2 Å². The van der Waals surface area contributed by atoms with Crippen LogP contribution in [0.15, 0.2) is 36.7 Å². The molecule has 1 heterocycles. The van der Waals surface area contributed by atoms with Crippen molar-refractivity contribution in [2.75, 3.05) is 39.3 Å². The van der Waals surface area contributed by atoms with Crippen LogP contribution in [0.5, 0.6) is 0 Å². The van der Waals surface area contributed by atoms with Gasteiger partial charge in [-0.15, -0.1) is 0 Å². The first-order valence-corrected chi connectivity index (χ1v) is 7.91. The molecule has 0 radical (unpaired) electrons. The average molecular weight is 335 g/mol. The average Bonchev–Trinajstić information content (AvgIpc) is 2.55. The van der Waals surface area contributed by atoms with Gasteiger partial charge in [0.2, 0.25) is 5.95 Å². The van der Waals surface area contributed by atoms with Crippen molar-refractivity contribution in [3.05, 3.63) is 52.8 Å². The predicted molar refractivity (Wildman–Crippen MR) is 93.8 cm³/mol. The van der Waals surface area contributed by atoms with E-state index in [4.69, 9.17) is 16.3 Å². The Morgan fingerprint density at radius 2 is 1.78 bits per heavy atom. The van der Waals surface area contributed by atoms with E-state index in [1.165, 1.54) is 0 Å². The molecule has 124 valence electrons. The molecule has 2 rings (SSSR count). The van der Waals surface area contributed by atoms with Gasteiger partial charge in [0.25, 0.3) is 0 Å². The molecule has 0 amide bonds. The maximum atomic E-state index is 6.27. The standard InChI is InChI=1S/C17H23ClN4O/c1-21(2)17-19-10-14(11-20-17)12-22(8-9-23-3)13-15-6-4-5-7-16(15)18/h4-7,10-11H,8-9,12-13H2,1-3H3. The molecular formula is C17H23ClN4O. The Labute approximate surface area is 142 Å². The molecule has 2 aromatic rings. The molecule has 0 aliphatic rings. The van der Waals surface area contributed by atoms with Crippen molar-refractivity contribution in [1.29, 1.82) is 0 Å². The summed E-state index contributed by atoms with van der Waals surface area (Å²) >= 11 is 6.27. The molecule has 0 aliphatic heterocycles. The van der Waals surface area contributed by atoms with Crippen molar-refractivity contribution in [2.24, 2.45) is 0 Å². The van der Waals surface area contributed by atoms with Gasteiger partial charge in [0, 0.05) is 63.8 Å². The minimum atomic E-state index is 0.668. The highest BCUT2D eigenvalue weighted by Gasteiger charge is 2.10. The summed E-state index contributed by atoms with van der Waals surface area (Å²) in [7, 11) is 5.57. The van der Waals surface area contributed by atoms with Crippen LogP contribution in [0.4, 0.5) is 5.95 Å². The minimum Gasteiger partial charge on any atom is -0.383 e. The van der Waals surface area contributed by atoms with E-state index >= 15 is 0 Å². The highest BCUT2D eigenvalue weighted by Crippen LogP contribution is 2.18. The molecule has 0 unspecified atom stereocenters. The maximum absolute atomic E-state index is 6.27. The molecule has 0 saturated carbocycles. The lowest BCUT2D eigenvalue weighted by molar-refractivity contribution is 0.140. The SMILES string of the molecule is COCCN(Cc1cnc(N(C)C)nc1)Cc1ccccc1Cl. The monoisotopic (exact) mass is 334 g/mol. The molecule has 6 heteroatoms. The zero-order chi connectivity index (χ0) is 16.7. The lowest BCUT2D eigenvalue weighted by atomic mass is 10.2. The number of nitrogens with zero attached hydrogens (tertiary/aromatic N) is 4. The van der Waals surface area contributed by atoms with E-state index in [2.05, 4.69) is 14.9 Å². The lowest BCUT2D eigenvalue weighted by Crippen LogP contribution is -2.27. The third kappa shape index (κ3) is 5.46. The molecule has 0 spiro atoms. The number of methoxy groups -OCH3 is 1. The highest BCUT2D eigenvalue weighted by atomic mass is 35.5. The van der Waals surface area contributed by atoms with Gasteiger partial charge >= 0.3 is 0 Å². The fourth-order valence-electron chi connectivity index (χ4n) is 2.22. The Morgan fingerprint density at radius 1 is 1.09 bits per heavy atom. The zero-order valence-electron chi connectivity index (χ0n) is 13.9. The molecule has 0 bridgehead atoms. The first-order chi connectivity index (χ1) is 11.1. The van der Waals surface area contributed by atoms with Gasteiger partial charge in [-0.25, -0.2) is 9.97 Å². The molecule has 0 saturated heterocycles. The van der Waals surface area contributed by atoms with Crippen molar-refractivity contribution in [1.82, 2.24) is 14.9 Å². The molecule has 1 aromatic heterocycles. The van der Waals surface area contributed by atoms with Crippen LogP contribution in [0.25, 0.3) is 0 Å². The van der Waals surface area contributed by atoms with Crippen molar-refractivity contribution in [2.45, 2.75) is 13.1 Å². The molecule has 0 atom stereocenters. The van der Waals surface area contributed by atoms with E-state index < -0.39 is 0 Å². The number of ether oxygens (including phenoxy) is 1. The summed E-state index contributed by atoms with van der Waals surface area (Å²) in [5.41, 5.74) is 2.18. The molecule has 0 aliphatic carbocycles. The number of hydrogen-bond donors (Lipinski definition) is 0. The number of hydrogen-bond acceptors (Lipinski definition) is 5. The van der Waals surface area contributed by atoms with Crippen molar-refractivity contribution >= 4 is 17.5 Å². The van der Waals surface area contributed by atoms with Crippen LogP contribution in [0.1, 0.15) is 11.1 Å². The summed E-state index contributed by atoms with van der Waals surface area (Å²) in [5, 5.41) is 0.786. The Hall–Kier alpha value is -1.69. The van der Waals surface area contributed by atoms with E-state index in [1.54, 1.807) is 7.11 Å². The van der Waals surface area contributed by atoms with Gasteiger partial charge in [-0.1, -0.05) is 29.8 Å².